The number of rotatable bonds is 6. The Balaban J connectivity index is 3.15. The maximum Gasteiger partial charge on any atom is 0.307 e. The van der Waals surface area contributed by atoms with E-state index in [1.54, 1.807) is 12.2 Å². The van der Waals surface area contributed by atoms with Crippen molar-refractivity contribution in [2.24, 2.45) is 0 Å². The van der Waals surface area contributed by atoms with Gasteiger partial charge in [-0.25, -0.2) is 0 Å². The molecule has 1 N–H and O–H groups in total. The van der Waals surface area contributed by atoms with Crippen LogP contribution in [0.25, 0.3) is 0 Å². The van der Waals surface area contributed by atoms with Crippen molar-refractivity contribution >= 4 is 5.97 Å². The second-order valence-corrected chi connectivity index (χ2v) is 3.61. The van der Waals surface area contributed by atoms with Gasteiger partial charge in [0.2, 0.25) is 0 Å². The summed E-state index contributed by atoms with van der Waals surface area (Å²) in [6, 6.07) is 5.85. The van der Waals surface area contributed by atoms with Crippen LogP contribution in [0, 0.1) is 0 Å². The third-order valence-electron chi connectivity index (χ3n) is 2.43. The number of allylic oxidation sites excluding steroid dienone is 2. The molecule has 0 aliphatic rings. The van der Waals surface area contributed by atoms with Crippen molar-refractivity contribution in [3.63, 3.8) is 0 Å². The van der Waals surface area contributed by atoms with Crippen molar-refractivity contribution in [3.8, 4) is 0 Å². The highest BCUT2D eigenvalue weighted by Gasteiger charge is 2.10. The first-order valence-electron chi connectivity index (χ1n) is 5.22. The lowest BCUT2D eigenvalue weighted by molar-refractivity contribution is -0.136. The van der Waals surface area contributed by atoms with Crippen molar-refractivity contribution in [2.45, 2.75) is 19.3 Å². The number of carboxylic acid groups (broad SMARTS) is 1. The third-order valence-corrected chi connectivity index (χ3v) is 2.43. The van der Waals surface area contributed by atoms with Crippen LogP contribution < -0.4 is 0 Å². The second-order valence-electron chi connectivity index (χ2n) is 3.61. The number of hydrogen-bond acceptors (Lipinski definition) is 1. The summed E-state index contributed by atoms with van der Waals surface area (Å²) in [5, 5.41) is 8.90. The van der Waals surface area contributed by atoms with E-state index in [2.05, 4.69) is 13.2 Å². The smallest absolute Gasteiger partial charge is 0.307 e. The van der Waals surface area contributed by atoms with Crippen LogP contribution in [-0.2, 0) is 24.1 Å². The zero-order valence-corrected chi connectivity index (χ0v) is 9.28. The summed E-state index contributed by atoms with van der Waals surface area (Å²) in [5.74, 6) is -0.804. The van der Waals surface area contributed by atoms with Gasteiger partial charge in [-0.05, 0) is 29.5 Å². The lowest BCUT2D eigenvalue weighted by Gasteiger charge is -2.11. The molecular weight excluding hydrogens is 200 g/mol. The Morgan fingerprint density at radius 2 is 1.69 bits per heavy atom. The van der Waals surface area contributed by atoms with Gasteiger partial charge in [0.25, 0.3) is 0 Å². The zero-order chi connectivity index (χ0) is 12.0. The van der Waals surface area contributed by atoms with Gasteiger partial charge in [-0.1, -0.05) is 30.4 Å². The van der Waals surface area contributed by atoms with E-state index in [1.807, 2.05) is 18.2 Å². The molecule has 2 nitrogen and oxygen atoms in total. The largest absolute Gasteiger partial charge is 0.481 e. The van der Waals surface area contributed by atoms with E-state index in [9.17, 15) is 4.79 Å². The Morgan fingerprint density at radius 1 is 1.19 bits per heavy atom. The summed E-state index contributed by atoms with van der Waals surface area (Å²) < 4.78 is 0. The molecule has 0 amide bonds. The molecular formula is C14H16O2. The van der Waals surface area contributed by atoms with Crippen LogP contribution in [0.3, 0.4) is 0 Å². The minimum absolute atomic E-state index is 0.0627. The first kappa shape index (κ1) is 12.2. The maximum absolute atomic E-state index is 10.8. The molecule has 2 heteroatoms. The van der Waals surface area contributed by atoms with Crippen LogP contribution in [0.5, 0.6) is 0 Å². The summed E-state index contributed by atoms with van der Waals surface area (Å²) >= 11 is 0. The predicted molar refractivity (Wildman–Crippen MR) is 65.6 cm³/mol. The fourth-order valence-electron chi connectivity index (χ4n) is 1.76. The molecule has 0 atom stereocenters. The van der Waals surface area contributed by atoms with E-state index < -0.39 is 5.97 Å². The van der Waals surface area contributed by atoms with Gasteiger partial charge in [0.1, 0.15) is 0 Å². The molecule has 0 saturated carbocycles. The molecule has 0 saturated heterocycles. The van der Waals surface area contributed by atoms with Crippen LogP contribution in [-0.4, -0.2) is 11.1 Å². The molecule has 0 radical (unpaired) electrons. The van der Waals surface area contributed by atoms with Crippen molar-refractivity contribution in [1.82, 2.24) is 0 Å². The SMILES string of the molecule is C=CCc1cccc(CC=C)c1CC(=O)O. The molecule has 0 aliphatic carbocycles. The quantitative estimate of drug-likeness (QED) is 0.742. The standard InChI is InChI=1S/C14H16O2/c1-3-6-11-8-5-9-12(7-4-2)13(11)10-14(15)16/h3-5,8-9H,1-2,6-7,10H2,(H,15,16). The van der Waals surface area contributed by atoms with Crippen molar-refractivity contribution in [1.29, 1.82) is 0 Å². The topological polar surface area (TPSA) is 37.3 Å². The number of benzene rings is 1. The first-order chi connectivity index (χ1) is 7.69. The van der Waals surface area contributed by atoms with Crippen LogP contribution in [0.2, 0.25) is 0 Å². The van der Waals surface area contributed by atoms with Crippen LogP contribution in [0.4, 0.5) is 0 Å². The Hall–Kier alpha value is -1.83. The lowest BCUT2D eigenvalue weighted by atomic mass is 9.94. The Kier molecular flexibility index (Phi) is 4.52. The van der Waals surface area contributed by atoms with Crippen molar-refractivity contribution in [3.05, 3.63) is 60.2 Å². The summed E-state index contributed by atoms with van der Waals surface area (Å²) in [7, 11) is 0. The third kappa shape index (κ3) is 3.09. The number of carbonyl (C=O) groups is 1. The summed E-state index contributed by atoms with van der Waals surface area (Å²) in [4.78, 5) is 10.8. The van der Waals surface area contributed by atoms with Crippen LogP contribution in [0.15, 0.2) is 43.5 Å². The van der Waals surface area contributed by atoms with E-state index in [4.69, 9.17) is 5.11 Å². The van der Waals surface area contributed by atoms with Gasteiger partial charge in [-0.15, -0.1) is 13.2 Å². The van der Waals surface area contributed by atoms with Gasteiger partial charge < -0.3 is 5.11 Å². The fraction of sp³-hybridized carbons (Fsp3) is 0.214. The fourth-order valence-corrected chi connectivity index (χ4v) is 1.76. The predicted octanol–water partition coefficient (Wildman–Crippen LogP) is 2.77. The maximum atomic E-state index is 10.8. The van der Waals surface area contributed by atoms with E-state index in [1.165, 1.54) is 0 Å². The molecule has 84 valence electrons. The van der Waals surface area contributed by atoms with Gasteiger partial charge >= 0.3 is 5.97 Å². The molecule has 0 aromatic heterocycles. The average molecular weight is 216 g/mol. The number of hydrogen-bond donors (Lipinski definition) is 1. The lowest BCUT2D eigenvalue weighted by Crippen LogP contribution is -2.06. The molecule has 0 fully saturated rings. The summed E-state index contributed by atoms with van der Waals surface area (Å²) in [6.07, 6.45) is 5.05. The molecule has 0 heterocycles. The van der Waals surface area contributed by atoms with Crippen LogP contribution >= 0.6 is 0 Å². The van der Waals surface area contributed by atoms with Crippen molar-refractivity contribution in [2.75, 3.05) is 0 Å². The molecule has 0 spiro atoms. The monoisotopic (exact) mass is 216 g/mol. The molecule has 1 rings (SSSR count). The highest BCUT2D eigenvalue weighted by molar-refractivity contribution is 5.71. The molecule has 1 aromatic rings. The summed E-state index contributed by atoms with van der Waals surface area (Å²) in [5.41, 5.74) is 2.98. The number of carboxylic acids is 1. The molecule has 16 heavy (non-hydrogen) atoms. The molecule has 1 aromatic carbocycles. The Bertz CT molecular complexity index is 377. The molecule has 0 bridgehead atoms. The highest BCUT2D eigenvalue weighted by Crippen LogP contribution is 2.18. The van der Waals surface area contributed by atoms with E-state index in [-0.39, 0.29) is 6.42 Å². The normalized spacial score (nSPS) is 9.75. The van der Waals surface area contributed by atoms with Gasteiger partial charge in [0.15, 0.2) is 0 Å². The van der Waals surface area contributed by atoms with Gasteiger partial charge in [0, 0.05) is 0 Å². The first-order valence-corrected chi connectivity index (χ1v) is 5.22. The van der Waals surface area contributed by atoms with Gasteiger partial charge in [-0.2, -0.15) is 0 Å². The summed E-state index contributed by atoms with van der Waals surface area (Å²) in [6.45, 7) is 7.37. The second kappa shape index (κ2) is 5.91. The Morgan fingerprint density at radius 3 is 2.06 bits per heavy atom. The highest BCUT2D eigenvalue weighted by atomic mass is 16.4. The average Bonchev–Trinajstić information content (AvgIpc) is 2.23. The van der Waals surface area contributed by atoms with E-state index in [0.717, 1.165) is 16.7 Å². The Labute approximate surface area is 95.9 Å². The van der Waals surface area contributed by atoms with Gasteiger partial charge in [-0.3, -0.25) is 4.79 Å². The molecule has 0 unspecified atom stereocenters. The zero-order valence-electron chi connectivity index (χ0n) is 9.28. The minimum atomic E-state index is -0.804. The van der Waals surface area contributed by atoms with E-state index >= 15 is 0 Å². The van der Waals surface area contributed by atoms with Crippen molar-refractivity contribution < 1.29 is 9.90 Å². The minimum Gasteiger partial charge on any atom is -0.481 e. The van der Waals surface area contributed by atoms with Crippen LogP contribution in [0.1, 0.15) is 16.7 Å². The number of aliphatic carboxylic acids is 1. The van der Waals surface area contributed by atoms with Gasteiger partial charge in [0.05, 0.1) is 6.42 Å². The van der Waals surface area contributed by atoms with E-state index in [0.29, 0.717) is 12.8 Å². The molecule has 0 aliphatic heterocycles.